The van der Waals surface area contributed by atoms with E-state index in [0.29, 0.717) is 19.8 Å². The maximum atomic E-state index is 10.6. The Morgan fingerprint density at radius 2 is 2.04 bits per heavy atom. The Morgan fingerprint density at radius 1 is 1.22 bits per heavy atom. The van der Waals surface area contributed by atoms with Crippen LogP contribution in [0, 0.1) is 5.92 Å². The van der Waals surface area contributed by atoms with Gasteiger partial charge in [-0.25, -0.2) is 0 Å². The summed E-state index contributed by atoms with van der Waals surface area (Å²) in [7, 11) is 0. The number of ether oxygens (including phenoxy) is 3. The van der Waals surface area contributed by atoms with Crippen molar-refractivity contribution in [3.8, 4) is 0 Å². The van der Waals surface area contributed by atoms with Crippen LogP contribution in [-0.2, 0) is 20.8 Å². The molecule has 0 amide bonds. The van der Waals surface area contributed by atoms with Crippen LogP contribution in [0.2, 0.25) is 0 Å². The molecule has 1 aromatic rings. The van der Waals surface area contributed by atoms with Crippen LogP contribution in [0.25, 0.3) is 0 Å². The minimum absolute atomic E-state index is 0.00104. The zero-order chi connectivity index (χ0) is 16.1. The molecular formula is C19H28O4. The molecule has 0 unspecified atom stereocenters. The third-order valence-corrected chi connectivity index (χ3v) is 5.06. The number of benzene rings is 1. The molecule has 1 N–H and O–H groups in total. The van der Waals surface area contributed by atoms with E-state index in [2.05, 4.69) is 19.1 Å². The summed E-state index contributed by atoms with van der Waals surface area (Å²) in [5.41, 5.74) is 1.18. The molecule has 0 radical (unpaired) electrons. The van der Waals surface area contributed by atoms with Gasteiger partial charge in [0.1, 0.15) is 6.10 Å². The smallest absolute Gasteiger partial charge is 0.195 e. The van der Waals surface area contributed by atoms with Crippen molar-refractivity contribution in [2.45, 2.75) is 63.6 Å². The molecule has 2 heterocycles. The minimum atomic E-state index is -0.778. The molecule has 1 spiro atoms. The lowest BCUT2D eigenvalue weighted by Crippen LogP contribution is -2.43. The largest absolute Gasteiger partial charge is 0.387 e. The number of rotatable bonds is 5. The van der Waals surface area contributed by atoms with Crippen molar-refractivity contribution in [1.29, 1.82) is 0 Å². The Morgan fingerprint density at radius 3 is 2.87 bits per heavy atom. The highest BCUT2D eigenvalue weighted by Crippen LogP contribution is 2.42. The Kier molecular flexibility index (Phi) is 5.70. The molecule has 1 aromatic carbocycles. The normalized spacial score (nSPS) is 34.6. The number of hydrogen-bond donors (Lipinski definition) is 1. The van der Waals surface area contributed by atoms with Crippen LogP contribution in [0.4, 0.5) is 0 Å². The van der Waals surface area contributed by atoms with E-state index in [9.17, 15) is 5.11 Å². The first kappa shape index (κ1) is 16.9. The molecule has 4 heteroatoms. The Labute approximate surface area is 138 Å². The van der Waals surface area contributed by atoms with Gasteiger partial charge < -0.3 is 19.3 Å². The van der Waals surface area contributed by atoms with Gasteiger partial charge >= 0.3 is 0 Å². The second-order valence-electron chi connectivity index (χ2n) is 6.76. The van der Waals surface area contributed by atoms with E-state index in [1.165, 1.54) is 5.56 Å². The molecule has 4 nitrogen and oxygen atoms in total. The predicted octanol–water partition coefficient (Wildman–Crippen LogP) is 3.28. The van der Waals surface area contributed by atoms with Crippen molar-refractivity contribution < 1.29 is 19.3 Å². The molecule has 2 aliphatic heterocycles. The second-order valence-corrected chi connectivity index (χ2v) is 6.76. The summed E-state index contributed by atoms with van der Waals surface area (Å²) in [6.45, 7) is 3.98. The van der Waals surface area contributed by atoms with Crippen molar-refractivity contribution in [2.75, 3.05) is 13.2 Å². The fourth-order valence-electron chi connectivity index (χ4n) is 3.62. The van der Waals surface area contributed by atoms with E-state index in [-0.39, 0.29) is 12.0 Å². The van der Waals surface area contributed by atoms with Crippen LogP contribution >= 0.6 is 0 Å². The molecule has 4 atom stereocenters. The van der Waals surface area contributed by atoms with Gasteiger partial charge in [-0.1, -0.05) is 43.7 Å². The van der Waals surface area contributed by atoms with Gasteiger partial charge in [0, 0.05) is 18.9 Å². The van der Waals surface area contributed by atoms with E-state index in [1.807, 2.05) is 18.2 Å². The van der Waals surface area contributed by atoms with E-state index in [4.69, 9.17) is 14.2 Å². The maximum Gasteiger partial charge on any atom is 0.195 e. The number of aliphatic hydroxyl groups excluding tert-OH is 1. The van der Waals surface area contributed by atoms with Crippen LogP contribution in [0.15, 0.2) is 30.3 Å². The second kappa shape index (κ2) is 7.75. The van der Waals surface area contributed by atoms with Gasteiger partial charge in [0.05, 0.1) is 19.3 Å². The highest BCUT2D eigenvalue weighted by molar-refractivity contribution is 5.13. The Balaban J connectivity index is 1.48. The average molecular weight is 320 g/mol. The van der Waals surface area contributed by atoms with Gasteiger partial charge in [-0.15, -0.1) is 0 Å². The van der Waals surface area contributed by atoms with Gasteiger partial charge in [0.15, 0.2) is 5.79 Å². The minimum Gasteiger partial charge on any atom is -0.387 e. The average Bonchev–Trinajstić information content (AvgIpc) is 2.76. The lowest BCUT2D eigenvalue weighted by atomic mass is 9.93. The summed E-state index contributed by atoms with van der Waals surface area (Å²) < 4.78 is 17.9. The van der Waals surface area contributed by atoms with E-state index < -0.39 is 11.9 Å². The topological polar surface area (TPSA) is 47.9 Å². The maximum absolute atomic E-state index is 10.6. The van der Waals surface area contributed by atoms with Crippen molar-refractivity contribution in [3.05, 3.63) is 35.9 Å². The van der Waals surface area contributed by atoms with Gasteiger partial charge in [0.2, 0.25) is 0 Å². The summed E-state index contributed by atoms with van der Waals surface area (Å²) >= 11 is 0. The van der Waals surface area contributed by atoms with Crippen molar-refractivity contribution >= 4 is 0 Å². The quantitative estimate of drug-likeness (QED) is 0.846. The van der Waals surface area contributed by atoms with Gasteiger partial charge in [0.25, 0.3) is 0 Å². The molecule has 0 saturated carbocycles. The van der Waals surface area contributed by atoms with Crippen LogP contribution in [0.1, 0.15) is 44.6 Å². The van der Waals surface area contributed by atoms with Gasteiger partial charge in [-0.05, 0) is 24.8 Å². The molecule has 0 bridgehead atoms. The van der Waals surface area contributed by atoms with Crippen molar-refractivity contribution in [2.24, 2.45) is 5.92 Å². The van der Waals surface area contributed by atoms with Crippen molar-refractivity contribution in [1.82, 2.24) is 0 Å². The summed E-state index contributed by atoms with van der Waals surface area (Å²) in [6.07, 6.45) is 4.30. The molecule has 23 heavy (non-hydrogen) atoms. The van der Waals surface area contributed by atoms with Gasteiger partial charge in [-0.2, -0.15) is 0 Å². The summed E-state index contributed by atoms with van der Waals surface area (Å²) in [5.74, 6) is -0.701. The first-order chi connectivity index (χ1) is 11.2. The standard InChI is InChI=1S/C19H28O4/c1-15-17(10-13-21-14-16-8-4-2-5-9-16)23-19(18(15)20)11-6-3-7-12-22-19/h2,4-5,8-9,15,17-18,20H,3,6-7,10-14H2,1H3/t15-,17+,18+,19-/m0/s1. The van der Waals surface area contributed by atoms with E-state index in [0.717, 1.165) is 32.1 Å². The lowest BCUT2D eigenvalue weighted by molar-refractivity contribution is -0.258. The molecule has 2 saturated heterocycles. The fraction of sp³-hybridized carbons (Fsp3) is 0.684. The van der Waals surface area contributed by atoms with E-state index in [1.54, 1.807) is 0 Å². The number of hydrogen-bond acceptors (Lipinski definition) is 4. The van der Waals surface area contributed by atoms with Crippen LogP contribution in [0.3, 0.4) is 0 Å². The SMILES string of the molecule is C[C@@H]1[C@@H](O)[C@]2(CCCCCO2)O[C@@H]1CCOCc1ccccc1. The monoisotopic (exact) mass is 320 g/mol. The third kappa shape index (κ3) is 3.94. The zero-order valence-electron chi connectivity index (χ0n) is 13.9. The van der Waals surface area contributed by atoms with Gasteiger partial charge in [-0.3, -0.25) is 0 Å². The molecule has 2 fully saturated rings. The highest BCUT2D eigenvalue weighted by atomic mass is 16.7. The molecule has 0 aliphatic carbocycles. The Bertz CT molecular complexity index is 468. The number of aliphatic hydroxyl groups is 1. The lowest BCUT2D eigenvalue weighted by Gasteiger charge is -2.31. The van der Waals surface area contributed by atoms with Crippen LogP contribution < -0.4 is 0 Å². The fourth-order valence-corrected chi connectivity index (χ4v) is 3.62. The summed E-state index contributed by atoms with van der Waals surface area (Å²) in [5, 5.41) is 10.6. The zero-order valence-corrected chi connectivity index (χ0v) is 13.9. The summed E-state index contributed by atoms with van der Waals surface area (Å²) in [6, 6.07) is 10.2. The molecule has 0 aromatic heterocycles. The van der Waals surface area contributed by atoms with Crippen LogP contribution in [0.5, 0.6) is 0 Å². The molecule has 3 rings (SSSR count). The predicted molar refractivity (Wildman–Crippen MR) is 87.9 cm³/mol. The molecular weight excluding hydrogens is 292 g/mol. The third-order valence-electron chi connectivity index (χ3n) is 5.06. The molecule has 128 valence electrons. The first-order valence-electron chi connectivity index (χ1n) is 8.83. The summed E-state index contributed by atoms with van der Waals surface area (Å²) in [4.78, 5) is 0. The highest BCUT2D eigenvalue weighted by Gasteiger charge is 2.53. The molecule has 2 aliphatic rings. The Hall–Kier alpha value is -0.940. The first-order valence-corrected chi connectivity index (χ1v) is 8.83. The van der Waals surface area contributed by atoms with Crippen LogP contribution in [-0.4, -0.2) is 36.3 Å². The van der Waals surface area contributed by atoms with E-state index >= 15 is 0 Å². The van der Waals surface area contributed by atoms with Crippen molar-refractivity contribution in [3.63, 3.8) is 0 Å².